The van der Waals surface area contributed by atoms with Gasteiger partial charge in [0.05, 0.1) is 18.0 Å². The number of benzene rings is 2. The maximum Gasteiger partial charge on any atom is 0.237 e. The Morgan fingerprint density at radius 2 is 2.09 bits per heavy atom. The Morgan fingerprint density at radius 1 is 1.32 bits per heavy atom. The van der Waals surface area contributed by atoms with Gasteiger partial charge >= 0.3 is 0 Å². The number of methoxy groups -OCH3 is 1. The van der Waals surface area contributed by atoms with Crippen molar-refractivity contribution in [3.05, 3.63) is 47.5 Å². The van der Waals surface area contributed by atoms with Crippen molar-refractivity contribution < 1.29 is 9.53 Å². The molecular weight excluding hydrogens is 320 g/mol. The van der Waals surface area contributed by atoms with Gasteiger partial charge in [-0.15, -0.1) is 11.8 Å². The van der Waals surface area contributed by atoms with Crippen LogP contribution in [-0.2, 0) is 4.79 Å². The molecule has 0 spiro atoms. The fourth-order valence-corrected chi connectivity index (χ4v) is 2.97. The number of rotatable bonds is 5. The van der Waals surface area contributed by atoms with E-state index in [1.807, 2.05) is 31.2 Å². The second-order valence-electron chi connectivity index (χ2n) is 4.67. The molecule has 2 aromatic carbocycles. The lowest BCUT2D eigenvalue weighted by atomic mass is 10.3. The number of anilines is 2. The van der Waals surface area contributed by atoms with Crippen molar-refractivity contribution in [1.29, 1.82) is 0 Å². The first-order valence-electron chi connectivity index (χ1n) is 6.66. The van der Waals surface area contributed by atoms with Crippen LogP contribution in [0.3, 0.4) is 0 Å². The standard InChI is InChI=1S/C16H17ClN2O2S/c1-10(22-13-5-3-4-12(18)9-13)16(20)19-14-8-11(17)6-7-15(14)21-2/h3-10H,18H2,1-2H3,(H,19,20). The topological polar surface area (TPSA) is 64.3 Å². The van der Waals surface area contributed by atoms with E-state index in [1.54, 1.807) is 25.3 Å². The van der Waals surface area contributed by atoms with Crippen LogP contribution in [0.5, 0.6) is 5.75 Å². The SMILES string of the molecule is COc1ccc(Cl)cc1NC(=O)C(C)Sc1cccc(N)c1. The number of ether oxygens (including phenoxy) is 1. The Morgan fingerprint density at radius 3 is 2.77 bits per heavy atom. The molecule has 0 saturated heterocycles. The highest BCUT2D eigenvalue weighted by Crippen LogP contribution is 2.30. The summed E-state index contributed by atoms with van der Waals surface area (Å²) in [6.07, 6.45) is 0. The highest BCUT2D eigenvalue weighted by atomic mass is 35.5. The number of halogens is 1. The fraction of sp³-hybridized carbons (Fsp3) is 0.188. The van der Waals surface area contributed by atoms with E-state index in [0.717, 1.165) is 4.90 Å². The third kappa shape index (κ3) is 4.32. The zero-order valence-electron chi connectivity index (χ0n) is 12.3. The van der Waals surface area contributed by atoms with Crippen molar-refractivity contribution in [2.75, 3.05) is 18.2 Å². The van der Waals surface area contributed by atoms with Crippen LogP contribution in [0.15, 0.2) is 47.4 Å². The molecule has 0 bridgehead atoms. The van der Waals surface area contributed by atoms with Crippen LogP contribution >= 0.6 is 23.4 Å². The monoisotopic (exact) mass is 336 g/mol. The van der Waals surface area contributed by atoms with E-state index in [1.165, 1.54) is 11.8 Å². The van der Waals surface area contributed by atoms with E-state index >= 15 is 0 Å². The molecule has 0 heterocycles. The number of nitrogens with one attached hydrogen (secondary N) is 1. The third-order valence-corrected chi connectivity index (χ3v) is 4.29. The Labute approximate surface area is 139 Å². The molecule has 0 aliphatic heterocycles. The first-order valence-corrected chi connectivity index (χ1v) is 7.92. The number of hydrogen-bond donors (Lipinski definition) is 2. The Hall–Kier alpha value is -1.85. The molecule has 4 nitrogen and oxygen atoms in total. The first-order chi connectivity index (χ1) is 10.5. The number of hydrogen-bond acceptors (Lipinski definition) is 4. The summed E-state index contributed by atoms with van der Waals surface area (Å²) >= 11 is 7.39. The minimum absolute atomic E-state index is 0.131. The summed E-state index contributed by atoms with van der Waals surface area (Å²) in [6.45, 7) is 1.83. The molecule has 0 radical (unpaired) electrons. The molecule has 0 aliphatic carbocycles. The normalized spacial score (nSPS) is 11.8. The van der Waals surface area contributed by atoms with E-state index in [-0.39, 0.29) is 11.2 Å². The number of nitrogens with two attached hydrogens (primary N) is 1. The molecule has 2 aromatic rings. The van der Waals surface area contributed by atoms with Crippen LogP contribution in [-0.4, -0.2) is 18.3 Å². The summed E-state index contributed by atoms with van der Waals surface area (Å²) in [6, 6.07) is 12.5. The van der Waals surface area contributed by atoms with Gasteiger partial charge in [0.1, 0.15) is 5.75 Å². The highest BCUT2D eigenvalue weighted by Gasteiger charge is 2.16. The molecule has 2 rings (SSSR count). The van der Waals surface area contributed by atoms with Gasteiger partial charge in [-0.1, -0.05) is 17.7 Å². The third-order valence-electron chi connectivity index (χ3n) is 2.96. The molecule has 22 heavy (non-hydrogen) atoms. The predicted molar refractivity (Wildman–Crippen MR) is 92.8 cm³/mol. The fourth-order valence-electron chi connectivity index (χ4n) is 1.86. The molecule has 3 N–H and O–H groups in total. The predicted octanol–water partition coefficient (Wildman–Crippen LogP) is 4.05. The maximum atomic E-state index is 12.3. The largest absolute Gasteiger partial charge is 0.495 e. The maximum absolute atomic E-state index is 12.3. The Balaban J connectivity index is 2.07. The zero-order valence-corrected chi connectivity index (χ0v) is 13.9. The molecule has 0 aliphatic rings. The molecule has 116 valence electrons. The minimum Gasteiger partial charge on any atom is -0.495 e. The van der Waals surface area contributed by atoms with Gasteiger partial charge in [0.15, 0.2) is 0 Å². The summed E-state index contributed by atoms with van der Waals surface area (Å²) in [5.41, 5.74) is 6.97. The average Bonchev–Trinajstić information content (AvgIpc) is 2.47. The van der Waals surface area contributed by atoms with Gasteiger partial charge in [-0.25, -0.2) is 0 Å². The van der Waals surface area contributed by atoms with Crippen LogP contribution in [0.25, 0.3) is 0 Å². The van der Waals surface area contributed by atoms with E-state index in [0.29, 0.717) is 22.1 Å². The van der Waals surface area contributed by atoms with Crippen LogP contribution in [0.4, 0.5) is 11.4 Å². The second kappa shape index (κ2) is 7.42. The first kappa shape index (κ1) is 16.5. The van der Waals surface area contributed by atoms with Crippen LogP contribution in [0.1, 0.15) is 6.92 Å². The van der Waals surface area contributed by atoms with Crippen molar-refractivity contribution in [3.8, 4) is 5.75 Å². The lowest BCUT2D eigenvalue weighted by molar-refractivity contribution is -0.115. The number of carbonyl (C=O) groups excluding carboxylic acids is 1. The molecule has 0 aromatic heterocycles. The van der Waals surface area contributed by atoms with Crippen molar-refractivity contribution in [2.45, 2.75) is 17.1 Å². The molecule has 0 fully saturated rings. The number of nitrogen functional groups attached to an aromatic ring is 1. The molecule has 1 amide bonds. The smallest absolute Gasteiger partial charge is 0.237 e. The van der Waals surface area contributed by atoms with Gasteiger partial charge in [-0.2, -0.15) is 0 Å². The van der Waals surface area contributed by atoms with Crippen LogP contribution < -0.4 is 15.8 Å². The molecule has 0 saturated carbocycles. The van der Waals surface area contributed by atoms with Crippen molar-refractivity contribution in [1.82, 2.24) is 0 Å². The molecule has 1 unspecified atom stereocenters. The quantitative estimate of drug-likeness (QED) is 0.638. The number of thioether (sulfide) groups is 1. The molecule has 6 heteroatoms. The summed E-state index contributed by atoms with van der Waals surface area (Å²) in [5.74, 6) is 0.437. The highest BCUT2D eigenvalue weighted by molar-refractivity contribution is 8.00. The average molecular weight is 337 g/mol. The van der Waals surface area contributed by atoms with Crippen molar-refractivity contribution >= 4 is 40.6 Å². The van der Waals surface area contributed by atoms with E-state index in [4.69, 9.17) is 22.1 Å². The van der Waals surface area contributed by atoms with Gasteiger partial charge in [-0.3, -0.25) is 4.79 Å². The summed E-state index contributed by atoms with van der Waals surface area (Å²) in [4.78, 5) is 13.3. The minimum atomic E-state index is -0.287. The molecule has 1 atom stereocenters. The summed E-state index contributed by atoms with van der Waals surface area (Å²) < 4.78 is 5.22. The number of amides is 1. The molecular formula is C16H17ClN2O2S. The lowest BCUT2D eigenvalue weighted by Crippen LogP contribution is -2.22. The van der Waals surface area contributed by atoms with Crippen LogP contribution in [0.2, 0.25) is 5.02 Å². The van der Waals surface area contributed by atoms with Gasteiger partial charge in [0.2, 0.25) is 5.91 Å². The summed E-state index contributed by atoms with van der Waals surface area (Å²) in [5, 5.41) is 3.08. The Kier molecular flexibility index (Phi) is 5.57. The lowest BCUT2D eigenvalue weighted by Gasteiger charge is -2.14. The van der Waals surface area contributed by atoms with Crippen molar-refractivity contribution in [2.24, 2.45) is 0 Å². The second-order valence-corrected chi connectivity index (χ2v) is 6.52. The van der Waals surface area contributed by atoms with Gasteiger partial charge in [0, 0.05) is 15.6 Å². The van der Waals surface area contributed by atoms with E-state index in [2.05, 4.69) is 5.32 Å². The van der Waals surface area contributed by atoms with Gasteiger partial charge in [-0.05, 0) is 43.3 Å². The van der Waals surface area contributed by atoms with Gasteiger partial charge in [0.25, 0.3) is 0 Å². The summed E-state index contributed by atoms with van der Waals surface area (Å²) in [7, 11) is 1.55. The van der Waals surface area contributed by atoms with E-state index < -0.39 is 0 Å². The van der Waals surface area contributed by atoms with Crippen molar-refractivity contribution in [3.63, 3.8) is 0 Å². The Bertz CT molecular complexity index is 679. The van der Waals surface area contributed by atoms with Gasteiger partial charge < -0.3 is 15.8 Å². The number of carbonyl (C=O) groups is 1. The van der Waals surface area contributed by atoms with Crippen LogP contribution in [0, 0.1) is 0 Å². The van der Waals surface area contributed by atoms with E-state index in [9.17, 15) is 4.79 Å². The zero-order chi connectivity index (χ0) is 16.1.